The third-order valence-electron chi connectivity index (χ3n) is 5.96. The number of carbonyl (C=O) groups excluding carboxylic acids is 2. The van der Waals surface area contributed by atoms with Gasteiger partial charge in [-0.1, -0.05) is 18.2 Å². The summed E-state index contributed by atoms with van der Waals surface area (Å²) >= 11 is 0. The van der Waals surface area contributed by atoms with Crippen molar-refractivity contribution in [1.29, 1.82) is 0 Å². The highest BCUT2D eigenvalue weighted by atomic mass is 19.4. The van der Waals surface area contributed by atoms with Crippen LogP contribution in [0.3, 0.4) is 0 Å². The third kappa shape index (κ3) is 2.97. The maximum Gasteiger partial charge on any atom is 0.433 e. The number of amides is 2. The molecule has 4 N–H and O–H groups in total. The number of hydrazine groups is 1. The first-order valence-corrected chi connectivity index (χ1v) is 9.92. The lowest BCUT2D eigenvalue weighted by atomic mass is 9.80. The zero-order chi connectivity index (χ0) is 25.3. The summed E-state index contributed by atoms with van der Waals surface area (Å²) in [6.07, 6.45) is -9.47. The number of alkyl halides is 6. The van der Waals surface area contributed by atoms with Crippen molar-refractivity contribution in [2.24, 2.45) is 5.73 Å². The Morgan fingerprint density at radius 2 is 1.77 bits per heavy atom. The van der Waals surface area contributed by atoms with Gasteiger partial charge in [-0.2, -0.15) is 26.3 Å². The minimum absolute atomic E-state index is 0.121. The SMILES string of the molecule is NC(=O)C1=CNN(c2ccc3c4c(cccc24)C(=O)N3)C1(c1cccnc1C(F)(F)F)C(F)(F)F. The molecule has 180 valence electrons. The summed E-state index contributed by atoms with van der Waals surface area (Å²) in [6, 6.07) is 8.33. The number of hydrogen-bond acceptors (Lipinski definition) is 5. The Labute approximate surface area is 192 Å². The maximum atomic E-state index is 15.1. The fourth-order valence-corrected chi connectivity index (χ4v) is 4.64. The Balaban J connectivity index is 1.89. The summed E-state index contributed by atoms with van der Waals surface area (Å²) in [5.74, 6) is -2.07. The highest BCUT2D eigenvalue weighted by Crippen LogP contribution is 2.55. The number of pyridine rings is 1. The molecule has 0 fully saturated rings. The molecule has 0 aliphatic carbocycles. The molecule has 5 rings (SSSR count). The molecule has 13 heteroatoms. The van der Waals surface area contributed by atoms with E-state index in [-0.39, 0.29) is 22.0 Å². The number of benzene rings is 2. The molecular formula is C22H13F6N5O2. The first-order valence-electron chi connectivity index (χ1n) is 9.92. The van der Waals surface area contributed by atoms with Crippen LogP contribution in [0.15, 0.2) is 60.4 Å². The van der Waals surface area contributed by atoms with Crippen LogP contribution in [0.5, 0.6) is 0 Å². The number of anilines is 2. The van der Waals surface area contributed by atoms with Crippen molar-refractivity contribution in [3.8, 4) is 0 Å². The van der Waals surface area contributed by atoms with E-state index in [1.165, 1.54) is 30.3 Å². The molecule has 1 atom stereocenters. The predicted molar refractivity (Wildman–Crippen MR) is 112 cm³/mol. The quantitative estimate of drug-likeness (QED) is 0.480. The molecule has 1 unspecified atom stereocenters. The summed E-state index contributed by atoms with van der Waals surface area (Å²) < 4.78 is 86.8. The highest BCUT2D eigenvalue weighted by molar-refractivity contribution is 6.25. The van der Waals surface area contributed by atoms with Crippen LogP contribution in [-0.2, 0) is 16.5 Å². The highest BCUT2D eigenvalue weighted by Gasteiger charge is 2.68. The van der Waals surface area contributed by atoms with E-state index in [0.717, 1.165) is 6.07 Å². The van der Waals surface area contributed by atoms with Crippen LogP contribution in [0.4, 0.5) is 37.7 Å². The van der Waals surface area contributed by atoms with Crippen LogP contribution in [0, 0.1) is 0 Å². The summed E-state index contributed by atoms with van der Waals surface area (Å²) in [5.41, 5.74) is -0.230. The van der Waals surface area contributed by atoms with Gasteiger partial charge in [0.2, 0.25) is 11.4 Å². The average Bonchev–Trinajstić information content (AvgIpc) is 3.34. The van der Waals surface area contributed by atoms with Crippen molar-refractivity contribution in [1.82, 2.24) is 10.4 Å². The molecule has 2 aliphatic heterocycles. The first kappa shape index (κ1) is 22.5. The molecule has 35 heavy (non-hydrogen) atoms. The van der Waals surface area contributed by atoms with Crippen molar-refractivity contribution in [3.63, 3.8) is 0 Å². The third-order valence-corrected chi connectivity index (χ3v) is 5.96. The van der Waals surface area contributed by atoms with Crippen molar-refractivity contribution in [2.45, 2.75) is 17.9 Å². The molecule has 2 amide bonds. The molecule has 0 bridgehead atoms. The van der Waals surface area contributed by atoms with Crippen LogP contribution in [0.25, 0.3) is 10.8 Å². The fraction of sp³-hybridized carbons (Fsp3) is 0.136. The molecule has 1 aromatic heterocycles. The molecule has 3 aromatic rings. The number of aromatic nitrogens is 1. The Morgan fingerprint density at radius 3 is 2.43 bits per heavy atom. The molecule has 3 heterocycles. The zero-order valence-corrected chi connectivity index (χ0v) is 17.3. The topological polar surface area (TPSA) is 100 Å². The van der Waals surface area contributed by atoms with Gasteiger partial charge in [-0.25, -0.2) is 0 Å². The molecule has 0 saturated heterocycles. The van der Waals surface area contributed by atoms with E-state index >= 15 is 13.2 Å². The molecule has 2 aliphatic rings. The van der Waals surface area contributed by atoms with Gasteiger partial charge in [0.25, 0.3) is 5.91 Å². The van der Waals surface area contributed by atoms with Gasteiger partial charge in [0.1, 0.15) is 0 Å². The number of nitrogens with two attached hydrogens (primary N) is 1. The van der Waals surface area contributed by atoms with Gasteiger partial charge in [0, 0.05) is 40.0 Å². The number of hydrogen-bond donors (Lipinski definition) is 3. The van der Waals surface area contributed by atoms with Crippen LogP contribution in [0.2, 0.25) is 0 Å². The van der Waals surface area contributed by atoms with Gasteiger partial charge in [-0.15, -0.1) is 0 Å². The van der Waals surface area contributed by atoms with Gasteiger partial charge in [0.05, 0.1) is 11.3 Å². The van der Waals surface area contributed by atoms with Gasteiger partial charge in [-0.05, 0) is 24.3 Å². The van der Waals surface area contributed by atoms with Gasteiger partial charge in [0.15, 0.2) is 5.69 Å². The Bertz CT molecular complexity index is 1450. The second-order valence-corrected chi connectivity index (χ2v) is 7.81. The Hall–Kier alpha value is -4.29. The Morgan fingerprint density at radius 1 is 1.03 bits per heavy atom. The van der Waals surface area contributed by atoms with Crippen molar-refractivity contribution in [3.05, 3.63) is 77.3 Å². The second kappa shape index (κ2) is 7.10. The number of halogens is 6. The standard InChI is InChI=1S/C22H13F6N5O2/c23-21(24,25)17-12(5-2-8-30-17)20(22(26,27)28)13(18(29)34)9-31-33(20)15-7-6-14-16-10(15)3-1-4-11(16)19(35)32-14/h1-9,31H,(H2,29,34)(H,32,35). The van der Waals surface area contributed by atoms with Gasteiger partial charge in [-0.3, -0.25) is 19.6 Å². The predicted octanol–water partition coefficient (Wildman–Crippen LogP) is 3.97. The second-order valence-electron chi connectivity index (χ2n) is 7.81. The van der Waals surface area contributed by atoms with E-state index in [1.807, 2.05) is 0 Å². The smallest absolute Gasteiger partial charge is 0.366 e. The molecule has 0 spiro atoms. The summed E-state index contributed by atoms with van der Waals surface area (Å²) in [4.78, 5) is 27.7. The molecule has 7 nitrogen and oxygen atoms in total. The lowest BCUT2D eigenvalue weighted by molar-refractivity contribution is -0.184. The van der Waals surface area contributed by atoms with Gasteiger partial charge < -0.3 is 16.5 Å². The van der Waals surface area contributed by atoms with E-state index in [4.69, 9.17) is 5.73 Å². The molecule has 0 saturated carbocycles. The van der Waals surface area contributed by atoms with Crippen LogP contribution < -0.4 is 21.5 Å². The van der Waals surface area contributed by atoms with E-state index in [0.29, 0.717) is 29.2 Å². The number of nitrogens with one attached hydrogen (secondary N) is 2. The summed E-state index contributed by atoms with van der Waals surface area (Å²) in [7, 11) is 0. The van der Waals surface area contributed by atoms with Crippen molar-refractivity contribution >= 4 is 34.0 Å². The molecular weight excluding hydrogens is 480 g/mol. The normalized spacial score (nSPS) is 19.5. The van der Waals surface area contributed by atoms with Crippen molar-refractivity contribution in [2.75, 3.05) is 10.3 Å². The minimum Gasteiger partial charge on any atom is -0.366 e. The zero-order valence-electron chi connectivity index (χ0n) is 17.3. The van der Waals surface area contributed by atoms with Crippen LogP contribution in [-0.4, -0.2) is 23.0 Å². The van der Waals surface area contributed by atoms with Gasteiger partial charge >= 0.3 is 12.4 Å². The van der Waals surface area contributed by atoms with Crippen molar-refractivity contribution < 1.29 is 35.9 Å². The lowest BCUT2D eigenvalue weighted by Gasteiger charge is -2.43. The van der Waals surface area contributed by atoms with E-state index in [2.05, 4.69) is 15.7 Å². The largest absolute Gasteiger partial charge is 0.433 e. The number of nitrogens with zero attached hydrogens (tertiary/aromatic N) is 2. The van der Waals surface area contributed by atoms with E-state index < -0.39 is 46.5 Å². The van der Waals surface area contributed by atoms with Crippen LogP contribution in [0.1, 0.15) is 21.6 Å². The monoisotopic (exact) mass is 493 g/mol. The average molecular weight is 493 g/mol. The fourth-order valence-electron chi connectivity index (χ4n) is 4.64. The minimum atomic E-state index is -5.50. The molecule has 2 aromatic carbocycles. The number of carbonyl (C=O) groups is 2. The first-order chi connectivity index (χ1) is 16.4. The van der Waals surface area contributed by atoms with E-state index in [1.54, 1.807) is 0 Å². The molecule has 0 radical (unpaired) electrons. The van der Waals surface area contributed by atoms with Crippen LogP contribution >= 0.6 is 0 Å². The Kier molecular flexibility index (Phi) is 4.57. The summed E-state index contributed by atoms with van der Waals surface area (Å²) in [5, 5.41) is 3.39. The number of primary amides is 1. The summed E-state index contributed by atoms with van der Waals surface area (Å²) in [6.45, 7) is 0. The number of rotatable bonds is 3. The maximum absolute atomic E-state index is 15.1. The van der Waals surface area contributed by atoms with E-state index in [9.17, 15) is 22.8 Å². The lowest BCUT2D eigenvalue weighted by Crippen LogP contribution is -2.60.